The summed E-state index contributed by atoms with van der Waals surface area (Å²) in [5.74, 6) is 0.181. The van der Waals surface area contributed by atoms with Gasteiger partial charge in [0.25, 0.3) is 11.8 Å². The molecule has 0 atom stereocenters. The van der Waals surface area contributed by atoms with E-state index in [1.165, 1.54) is 0 Å². The molecule has 7 heteroatoms. The normalized spacial score (nSPS) is 25.3. The van der Waals surface area contributed by atoms with Crippen LogP contribution in [0, 0.1) is 19.8 Å². The lowest BCUT2D eigenvalue weighted by molar-refractivity contribution is -0.140. The maximum atomic E-state index is 12.7. The van der Waals surface area contributed by atoms with Gasteiger partial charge in [0.15, 0.2) is 6.61 Å². The Labute approximate surface area is 153 Å². The second kappa shape index (κ2) is 6.97. The summed E-state index contributed by atoms with van der Waals surface area (Å²) >= 11 is 0. The van der Waals surface area contributed by atoms with Gasteiger partial charge in [-0.1, -0.05) is 13.0 Å². The van der Waals surface area contributed by atoms with Gasteiger partial charge in [0.2, 0.25) is 0 Å². The Morgan fingerprint density at radius 2 is 1.96 bits per heavy atom. The van der Waals surface area contributed by atoms with E-state index in [1.807, 2.05) is 26.0 Å². The highest BCUT2D eigenvalue weighted by molar-refractivity contribution is 6.08. The Balaban J connectivity index is 1.58. The SMILES string of the molecule is Cc1ccc(OCC(=O)NN2C(=O)NC3(CCC(C)CC3)C2=O)cc1C. The second-order valence-corrected chi connectivity index (χ2v) is 7.41. The molecule has 2 aliphatic rings. The first kappa shape index (κ1) is 18.2. The van der Waals surface area contributed by atoms with Crippen LogP contribution in [0.5, 0.6) is 5.75 Å². The van der Waals surface area contributed by atoms with Crippen molar-refractivity contribution in [3.63, 3.8) is 0 Å². The monoisotopic (exact) mass is 359 g/mol. The van der Waals surface area contributed by atoms with E-state index in [0.717, 1.165) is 29.0 Å². The van der Waals surface area contributed by atoms with Gasteiger partial charge in [0.1, 0.15) is 11.3 Å². The first-order chi connectivity index (χ1) is 12.3. The number of ether oxygens (including phenoxy) is 1. The van der Waals surface area contributed by atoms with Gasteiger partial charge in [-0.15, -0.1) is 0 Å². The van der Waals surface area contributed by atoms with Gasteiger partial charge in [-0.3, -0.25) is 15.0 Å². The average molecular weight is 359 g/mol. The van der Waals surface area contributed by atoms with Crippen LogP contribution in [0.25, 0.3) is 0 Å². The van der Waals surface area contributed by atoms with E-state index < -0.39 is 17.5 Å². The topological polar surface area (TPSA) is 87.7 Å². The van der Waals surface area contributed by atoms with Crippen molar-refractivity contribution in [3.8, 4) is 5.75 Å². The van der Waals surface area contributed by atoms with Crippen molar-refractivity contribution < 1.29 is 19.1 Å². The number of benzene rings is 1. The van der Waals surface area contributed by atoms with Crippen LogP contribution < -0.4 is 15.5 Å². The maximum Gasteiger partial charge on any atom is 0.344 e. The van der Waals surface area contributed by atoms with Crippen LogP contribution in [0.1, 0.15) is 43.7 Å². The largest absolute Gasteiger partial charge is 0.484 e. The fraction of sp³-hybridized carbons (Fsp3) is 0.526. The first-order valence-electron chi connectivity index (χ1n) is 8.97. The lowest BCUT2D eigenvalue weighted by Gasteiger charge is -2.33. The molecule has 4 amide bonds. The highest BCUT2D eigenvalue weighted by Gasteiger charge is 2.52. The third-order valence-electron chi connectivity index (χ3n) is 5.37. The molecule has 7 nitrogen and oxygen atoms in total. The Bertz CT molecular complexity index is 738. The van der Waals surface area contributed by atoms with E-state index in [9.17, 15) is 14.4 Å². The minimum Gasteiger partial charge on any atom is -0.484 e. The maximum absolute atomic E-state index is 12.7. The summed E-state index contributed by atoms with van der Waals surface area (Å²) in [6, 6.07) is 4.95. The zero-order valence-electron chi connectivity index (χ0n) is 15.4. The van der Waals surface area contributed by atoms with E-state index in [2.05, 4.69) is 17.7 Å². The van der Waals surface area contributed by atoms with Gasteiger partial charge in [0.05, 0.1) is 0 Å². The highest BCUT2D eigenvalue weighted by Crippen LogP contribution is 2.35. The van der Waals surface area contributed by atoms with E-state index in [-0.39, 0.29) is 12.5 Å². The van der Waals surface area contributed by atoms with Crippen molar-refractivity contribution in [3.05, 3.63) is 29.3 Å². The van der Waals surface area contributed by atoms with Crippen LogP contribution in [0.3, 0.4) is 0 Å². The molecule has 0 bridgehead atoms. The Kier molecular flexibility index (Phi) is 4.89. The molecule has 1 heterocycles. The number of nitrogens with zero attached hydrogens (tertiary/aromatic N) is 1. The quantitative estimate of drug-likeness (QED) is 0.807. The molecule has 0 aromatic heterocycles. The molecule has 26 heavy (non-hydrogen) atoms. The van der Waals surface area contributed by atoms with Gasteiger partial charge in [0, 0.05) is 0 Å². The number of carbonyl (C=O) groups is 3. The van der Waals surface area contributed by atoms with Crippen molar-refractivity contribution in [1.29, 1.82) is 0 Å². The van der Waals surface area contributed by atoms with Crippen molar-refractivity contribution in [2.75, 3.05) is 6.61 Å². The van der Waals surface area contributed by atoms with Gasteiger partial charge in [-0.2, -0.15) is 5.01 Å². The number of hydrazine groups is 1. The molecular formula is C19H25N3O4. The minimum atomic E-state index is -0.869. The van der Waals surface area contributed by atoms with Crippen molar-refractivity contribution in [1.82, 2.24) is 15.8 Å². The molecule has 1 aliphatic heterocycles. The van der Waals surface area contributed by atoms with Crippen LogP contribution in [0.4, 0.5) is 4.79 Å². The number of hydrogen-bond acceptors (Lipinski definition) is 4. The number of rotatable bonds is 4. The summed E-state index contributed by atoms with van der Waals surface area (Å²) in [6.45, 7) is 5.81. The summed E-state index contributed by atoms with van der Waals surface area (Å²) in [6.07, 6.45) is 2.96. The van der Waals surface area contributed by atoms with Gasteiger partial charge in [-0.25, -0.2) is 4.79 Å². The number of aryl methyl sites for hydroxylation is 2. The van der Waals surface area contributed by atoms with Crippen molar-refractivity contribution in [2.45, 2.75) is 52.0 Å². The third kappa shape index (κ3) is 3.52. The smallest absolute Gasteiger partial charge is 0.344 e. The van der Waals surface area contributed by atoms with Crippen LogP contribution in [-0.2, 0) is 9.59 Å². The molecule has 1 saturated heterocycles. The zero-order valence-corrected chi connectivity index (χ0v) is 15.4. The van der Waals surface area contributed by atoms with E-state index >= 15 is 0 Å². The Hall–Kier alpha value is -2.57. The number of amides is 4. The Morgan fingerprint density at radius 3 is 2.62 bits per heavy atom. The highest BCUT2D eigenvalue weighted by atomic mass is 16.5. The summed E-state index contributed by atoms with van der Waals surface area (Å²) in [4.78, 5) is 37.0. The standard InChI is InChI=1S/C19H25N3O4/c1-12-6-8-19(9-7-12)17(24)22(18(25)20-19)21-16(23)11-26-15-5-4-13(2)14(3)10-15/h4-5,10,12H,6-9,11H2,1-3H3,(H,20,25)(H,21,23). The molecule has 1 aromatic carbocycles. The summed E-state index contributed by atoms with van der Waals surface area (Å²) in [7, 11) is 0. The summed E-state index contributed by atoms with van der Waals surface area (Å²) < 4.78 is 5.45. The molecule has 1 aliphatic carbocycles. The first-order valence-corrected chi connectivity index (χ1v) is 8.97. The predicted molar refractivity (Wildman–Crippen MR) is 95.3 cm³/mol. The van der Waals surface area contributed by atoms with Crippen LogP contribution in [-0.4, -0.2) is 35.0 Å². The molecule has 0 unspecified atom stereocenters. The molecule has 140 valence electrons. The van der Waals surface area contributed by atoms with Crippen LogP contribution in [0.15, 0.2) is 18.2 Å². The average Bonchev–Trinajstić information content (AvgIpc) is 2.83. The van der Waals surface area contributed by atoms with Crippen LogP contribution in [0.2, 0.25) is 0 Å². The number of hydrogen-bond donors (Lipinski definition) is 2. The van der Waals surface area contributed by atoms with E-state index in [1.54, 1.807) is 6.07 Å². The lowest BCUT2D eigenvalue weighted by atomic mass is 9.77. The number of carbonyl (C=O) groups excluding carboxylic acids is 3. The van der Waals surface area contributed by atoms with E-state index in [4.69, 9.17) is 4.74 Å². The number of nitrogens with one attached hydrogen (secondary N) is 2. The summed E-state index contributed by atoms with van der Waals surface area (Å²) in [5.41, 5.74) is 3.69. The Morgan fingerprint density at radius 1 is 1.27 bits per heavy atom. The van der Waals surface area contributed by atoms with Crippen molar-refractivity contribution in [2.24, 2.45) is 5.92 Å². The van der Waals surface area contributed by atoms with Gasteiger partial charge in [-0.05, 0) is 68.7 Å². The van der Waals surface area contributed by atoms with E-state index in [0.29, 0.717) is 24.5 Å². The summed E-state index contributed by atoms with van der Waals surface area (Å²) in [5, 5.41) is 3.56. The molecule has 1 saturated carbocycles. The second-order valence-electron chi connectivity index (χ2n) is 7.41. The molecule has 1 aromatic rings. The lowest BCUT2D eigenvalue weighted by Crippen LogP contribution is -2.52. The molecule has 1 spiro atoms. The van der Waals surface area contributed by atoms with Crippen molar-refractivity contribution >= 4 is 17.8 Å². The van der Waals surface area contributed by atoms with Gasteiger partial charge >= 0.3 is 6.03 Å². The molecule has 3 rings (SSSR count). The molecule has 2 N–H and O–H groups in total. The molecule has 2 fully saturated rings. The minimum absolute atomic E-state index is 0.274. The van der Waals surface area contributed by atoms with Crippen LogP contribution >= 0.6 is 0 Å². The zero-order chi connectivity index (χ0) is 18.9. The third-order valence-corrected chi connectivity index (χ3v) is 5.37. The predicted octanol–water partition coefficient (Wildman–Crippen LogP) is 2.21. The number of imide groups is 1. The fourth-order valence-corrected chi connectivity index (χ4v) is 3.43. The molecule has 0 radical (unpaired) electrons. The molecular weight excluding hydrogens is 334 g/mol. The van der Waals surface area contributed by atoms with Gasteiger partial charge < -0.3 is 10.1 Å². The number of urea groups is 1. The fourth-order valence-electron chi connectivity index (χ4n) is 3.43.